The molecule has 3 nitrogen and oxygen atoms in total. The van der Waals surface area contributed by atoms with Crippen LogP contribution >= 0.6 is 11.6 Å². The molecular weight excluding hydrogens is 452 g/mol. The number of aryl methyl sites for hydroxylation is 1. The number of likely N-dealkylation sites (tertiary alicyclic amines) is 1. The van der Waals surface area contributed by atoms with Crippen LogP contribution in [0.3, 0.4) is 0 Å². The summed E-state index contributed by atoms with van der Waals surface area (Å²) in [6.45, 7) is 5.75. The van der Waals surface area contributed by atoms with Crippen molar-refractivity contribution in [2.75, 3.05) is 13.1 Å². The van der Waals surface area contributed by atoms with Crippen LogP contribution < -0.4 is 0 Å². The van der Waals surface area contributed by atoms with Crippen LogP contribution in [0.5, 0.6) is 0 Å². The molecule has 1 amide bonds. The van der Waals surface area contributed by atoms with Gasteiger partial charge in [0.05, 0.1) is 11.3 Å². The first-order chi connectivity index (χ1) is 17.0. The third-order valence-corrected chi connectivity index (χ3v) is 7.43. The number of piperidine rings is 1. The summed E-state index contributed by atoms with van der Waals surface area (Å²) in [4.78, 5) is 15.8. The first kappa shape index (κ1) is 23.4. The highest BCUT2D eigenvalue weighted by Crippen LogP contribution is 2.32. The lowest BCUT2D eigenvalue weighted by atomic mass is 9.90. The highest BCUT2D eigenvalue weighted by molar-refractivity contribution is 6.30. The molecule has 0 atom stereocenters. The third kappa shape index (κ3) is 5.06. The van der Waals surface area contributed by atoms with Gasteiger partial charge >= 0.3 is 0 Å². The van der Waals surface area contributed by atoms with Crippen LogP contribution in [0.25, 0.3) is 16.9 Å². The monoisotopic (exact) mass is 482 g/mol. The van der Waals surface area contributed by atoms with Gasteiger partial charge in [-0.25, -0.2) is 0 Å². The second kappa shape index (κ2) is 10.1. The summed E-state index contributed by atoms with van der Waals surface area (Å²) in [6.07, 6.45) is 3.18. The van der Waals surface area contributed by atoms with Gasteiger partial charge in [0.25, 0.3) is 5.91 Å². The van der Waals surface area contributed by atoms with Gasteiger partial charge < -0.3 is 9.47 Å². The number of nitrogens with zero attached hydrogens (tertiary/aromatic N) is 2. The number of hydrogen-bond acceptors (Lipinski definition) is 1. The van der Waals surface area contributed by atoms with E-state index in [9.17, 15) is 4.79 Å². The van der Waals surface area contributed by atoms with Crippen LogP contribution in [-0.4, -0.2) is 28.5 Å². The van der Waals surface area contributed by atoms with Gasteiger partial charge in [0.1, 0.15) is 0 Å². The second-order valence-corrected chi connectivity index (χ2v) is 10.1. The molecule has 1 aliphatic heterocycles. The minimum absolute atomic E-state index is 0.127. The Labute approximate surface area is 213 Å². The van der Waals surface area contributed by atoms with Gasteiger partial charge in [0, 0.05) is 29.5 Å². The van der Waals surface area contributed by atoms with Crippen molar-refractivity contribution in [3.8, 4) is 16.9 Å². The normalized spacial score (nSPS) is 14.3. The molecule has 2 heterocycles. The summed E-state index contributed by atoms with van der Waals surface area (Å²) in [5.41, 5.74) is 7.44. The van der Waals surface area contributed by atoms with Crippen molar-refractivity contribution in [3.05, 3.63) is 112 Å². The minimum atomic E-state index is 0.127. The van der Waals surface area contributed by atoms with Crippen LogP contribution in [0, 0.1) is 19.8 Å². The number of rotatable bonds is 5. The molecule has 0 N–H and O–H groups in total. The van der Waals surface area contributed by atoms with Crippen LogP contribution in [0.4, 0.5) is 0 Å². The number of carbonyl (C=O) groups is 1. The van der Waals surface area contributed by atoms with Gasteiger partial charge in [0.15, 0.2) is 0 Å². The fourth-order valence-corrected chi connectivity index (χ4v) is 5.27. The lowest BCUT2D eigenvalue weighted by Gasteiger charge is -2.32. The average molecular weight is 483 g/mol. The molecule has 1 aromatic heterocycles. The quantitative estimate of drug-likeness (QED) is 0.289. The molecule has 0 spiro atoms. The average Bonchev–Trinajstić information content (AvgIpc) is 3.22. The molecule has 1 aliphatic rings. The van der Waals surface area contributed by atoms with E-state index in [1.165, 1.54) is 11.1 Å². The van der Waals surface area contributed by atoms with Crippen LogP contribution in [0.1, 0.15) is 40.0 Å². The maximum Gasteiger partial charge on any atom is 0.255 e. The van der Waals surface area contributed by atoms with E-state index in [1.54, 1.807) is 0 Å². The van der Waals surface area contributed by atoms with Crippen molar-refractivity contribution >= 4 is 17.5 Å². The summed E-state index contributed by atoms with van der Waals surface area (Å²) in [5.74, 6) is 0.756. The summed E-state index contributed by atoms with van der Waals surface area (Å²) in [5, 5.41) is 0.702. The Morgan fingerprint density at radius 1 is 0.886 bits per heavy atom. The molecule has 3 aromatic carbocycles. The van der Waals surface area contributed by atoms with Gasteiger partial charge in [-0.05, 0) is 80.5 Å². The van der Waals surface area contributed by atoms with E-state index in [4.69, 9.17) is 11.6 Å². The van der Waals surface area contributed by atoms with Crippen molar-refractivity contribution in [3.63, 3.8) is 0 Å². The molecule has 0 radical (unpaired) electrons. The summed E-state index contributed by atoms with van der Waals surface area (Å²) >= 11 is 6.16. The number of benzene rings is 3. The fraction of sp³-hybridized carbons (Fsp3) is 0.258. The zero-order chi connectivity index (χ0) is 24.4. The maximum absolute atomic E-state index is 13.7. The van der Waals surface area contributed by atoms with E-state index >= 15 is 0 Å². The van der Waals surface area contributed by atoms with E-state index < -0.39 is 0 Å². The summed E-state index contributed by atoms with van der Waals surface area (Å²) < 4.78 is 2.19. The molecule has 0 unspecified atom stereocenters. The molecular formula is C31H31ClN2O. The number of aromatic nitrogens is 1. The predicted molar refractivity (Wildman–Crippen MR) is 144 cm³/mol. The topological polar surface area (TPSA) is 25.2 Å². The molecule has 178 valence electrons. The highest BCUT2D eigenvalue weighted by atomic mass is 35.5. The Bertz CT molecular complexity index is 1300. The van der Waals surface area contributed by atoms with Crippen molar-refractivity contribution in [2.24, 2.45) is 5.92 Å². The highest BCUT2D eigenvalue weighted by Gasteiger charge is 2.27. The molecule has 0 aliphatic carbocycles. The zero-order valence-electron chi connectivity index (χ0n) is 20.4. The number of hydrogen-bond donors (Lipinski definition) is 0. The van der Waals surface area contributed by atoms with Crippen molar-refractivity contribution in [1.82, 2.24) is 9.47 Å². The summed E-state index contributed by atoms with van der Waals surface area (Å²) in [6, 6.07) is 29.0. The predicted octanol–water partition coefficient (Wildman–Crippen LogP) is 7.51. The number of amides is 1. The first-order valence-corrected chi connectivity index (χ1v) is 12.8. The van der Waals surface area contributed by atoms with Crippen LogP contribution in [0.2, 0.25) is 5.02 Å². The molecule has 0 saturated carbocycles. The Kier molecular flexibility index (Phi) is 6.79. The Morgan fingerprint density at radius 2 is 1.54 bits per heavy atom. The van der Waals surface area contributed by atoms with Gasteiger partial charge in [-0.15, -0.1) is 0 Å². The van der Waals surface area contributed by atoms with E-state index in [2.05, 4.69) is 79.1 Å². The van der Waals surface area contributed by atoms with Gasteiger partial charge in [-0.2, -0.15) is 0 Å². The van der Waals surface area contributed by atoms with E-state index in [0.717, 1.165) is 60.6 Å². The van der Waals surface area contributed by atoms with Crippen LogP contribution in [-0.2, 0) is 6.42 Å². The molecule has 4 heteroatoms. The smallest absolute Gasteiger partial charge is 0.255 e. The third-order valence-electron chi connectivity index (χ3n) is 7.18. The molecule has 4 aromatic rings. The first-order valence-electron chi connectivity index (χ1n) is 12.4. The van der Waals surface area contributed by atoms with Gasteiger partial charge in [0.2, 0.25) is 0 Å². The minimum Gasteiger partial charge on any atom is -0.339 e. The number of halogens is 1. The standard InChI is InChI=1S/C31H31ClN2O/c1-22-8-14-28(15-9-22)34-23(2)29(21-30(34)26-10-12-27(32)13-11-26)31(35)33-18-16-25(17-19-33)20-24-6-4-3-5-7-24/h3-15,21,25H,16-20H2,1-2H3. The lowest BCUT2D eigenvalue weighted by Crippen LogP contribution is -2.39. The SMILES string of the molecule is Cc1ccc(-n2c(-c3ccc(Cl)cc3)cc(C(=O)N3CCC(Cc4ccccc4)CC3)c2C)cc1. The molecule has 35 heavy (non-hydrogen) atoms. The largest absolute Gasteiger partial charge is 0.339 e. The Morgan fingerprint density at radius 3 is 2.20 bits per heavy atom. The van der Waals surface area contributed by atoms with Gasteiger partial charge in [-0.1, -0.05) is 71.8 Å². The molecule has 0 bridgehead atoms. The maximum atomic E-state index is 13.7. The Balaban J connectivity index is 1.41. The van der Waals surface area contributed by atoms with E-state index in [1.807, 2.05) is 29.2 Å². The summed E-state index contributed by atoms with van der Waals surface area (Å²) in [7, 11) is 0. The van der Waals surface area contributed by atoms with E-state index in [0.29, 0.717) is 10.9 Å². The molecule has 5 rings (SSSR count). The van der Waals surface area contributed by atoms with Crippen molar-refractivity contribution < 1.29 is 4.79 Å². The fourth-order valence-electron chi connectivity index (χ4n) is 5.14. The van der Waals surface area contributed by atoms with Crippen LogP contribution in [0.15, 0.2) is 84.9 Å². The van der Waals surface area contributed by atoms with Gasteiger partial charge in [-0.3, -0.25) is 4.79 Å². The lowest BCUT2D eigenvalue weighted by molar-refractivity contribution is 0.0690. The molecule has 1 saturated heterocycles. The Hall–Kier alpha value is -3.30. The van der Waals surface area contributed by atoms with Crippen molar-refractivity contribution in [2.45, 2.75) is 33.1 Å². The number of carbonyl (C=O) groups excluding carboxylic acids is 1. The second-order valence-electron chi connectivity index (χ2n) is 9.63. The zero-order valence-corrected chi connectivity index (χ0v) is 21.1. The van der Waals surface area contributed by atoms with Crippen molar-refractivity contribution in [1.29, 1.82) is 0 Å². The van der Waals surface area contributed by atoms with E-state index in [-0.39, 0.29) is 5.91 Å². The molecule has 1 fully saturated rings.